The smallest absolute Gasteiger partial charge is 0.253 e. The first-order valence-electron chi connectivity index (χ1n) is 5.75. The topological polar surface area (TPSA) is 84.6 Å². The predicted octanol–water partition coefficient (Wildman–Crippen LogP) is 1.60. The fourth-order valence-corrected chi connectivity index (χ4v) is 2.27. The predicted molar refractivity (Wildman–Crippen MR) is 71.4 cm³/mol. The third-order valence-corrected chi connectivity index (χ3v) is 3.55. The van der Waals surface area contributed by atoms with Gasteiger partial charge in [-0.15, -0.1) is 0 Å². The first-order chi connectivity index (χ1) is 8.61. The van der Waals surface area contributed by atoms with Crippen LogP contribution in [0.25, 0.3) is 0 Å². The molecule has 1 fully saturated rings. The van der Waals surface area contributed by atoms with Crippen molar-refractivity contribution in [2.75, 3.05) is 11.9 Å². The van der Waals surface area contributed by atoms with Crippen molar-refractivity contribution in [3.8, 4) is 5.75 Å². The molecule has 2 atom stereocenters. The molecule has 4 N–H and O–H groups in total. The third-order valence-electron chi connectivity index (χ3n) is 2.91. The highest BCUT2D eigenvalue weighted by molar-refractivity contribution is 9.10. The molecule has 1 aliphatic rings. The largest absolute Gasteiger partial charge is 0.505 e. The molecular formula is C12H15BrN2O3. The van der Waals surface area contributed by atoms with Crippen LogP contribution in [0.4, 0.5) is 5.69 Å². The number of carbonyl (C=O) groups excluding carboxylic acids is 1. The van der Waals surface area contributed by atoms with E-state index in [2.05, 4.69) is 21.2 Å². The zero-order valence-electron chi connectivity index (χ0n) is 9.73. The molecule has 1 aliphatic heterocycles. The second kappa shape index (κ2) is 5.69. The SMILES string of the molecule is NCC1CCC(C(=O)Nc2cccc(Br)c2O)O1. The number of nitrogens with one attached hydrogen (secondary N) is 1. The van der Waals surface area contributed by atoms with Gasteiger partial charge in [-0.3, -0.25) is 4.79 Å². The Hall–Kier alpha value is -1.11. The van der Waals surface area contributed by atoms with Gasteiger partial charge in [0.05, 0.1) is 16.3 Å². The maximum absolute atomic E-state index is 11.9. The summed E-state index contributed by atoms with van der Waals surface area (Å²) in [6.45, 7) is 0.423. The first kappa shape index (κ1) is 13.3. The van der Waals surface area contributed by atoms with Gasteiger partial charge in [0.15, 0.2) is 5.75 Å². The molecule has 5 nitrogen and oxygen atoms in total. The molecule has 1 aromatic rings. The van der Waals surface area contributed by atoms with Gasteiger partial charge in [0, 0.05) is 6.54 Å². The Morgan fingerprint density at radius 3 is 3.00 bits per heavy atom. The number of hydrogen-bond acceptors (Lipinski definition) is 4. The van der Waals surface area contributed by atoms with E-state index in [0.29, 0.717) is 23.1 Å². The maximum atomic E-state index is 11.9. The fraction of sp³-hybridized carbons (Fsp3) is 0.417. The number of carbonyl (C=O) groups is 1. The maximum Gasteiger partial charge on any atom is 0.253 e. The number of phenols is 1. The van der Waals surface area contributed by atoms with Crippen molar-refractivity contribution in [2.24, 2.45) is 5.73 Å². The Morgan fingerprint density at radius 2 is 2.33 bits per heavy atom. The molecule has 2 unspecified atom stereocenters. The Kier molecular flexibility index (Phi) is 4.21. The summed E-state index contributed by atoms with van der Waals surface area (Å²) < 4.78 is 6.02. The Bertz CT molecular complexity index is 453. The van der Waals surface area contributed by atoms with E-state index in [1.54, 1.807) is 18.2 Å². The van der Waals surface area contributed by atoms with Crippen molar-refractivity contribution in [3.05, 3.63) is 22.7 Å². The molecule has 1 aromatic carbocycles. The molecule has 0 radical (unpaired) electrons. The van der Waals surface area contributed by atoms with Crippen LogP contribution in [0.2, 0.25) is 0 Å². The van der Waals surface area contributed by atoms with Gasteiger partial charge < -0.3 is 20.9 Å². The number of benzene rings is 1. The highest BCUT2D eigenvalue weighted by atomic mass is 79.9. The Labute approximate surface area is 113 Å². The van der Waals surface area contributed by atoms with Crippen LogP contribution in [0.5, 0.6) is 5.75 Å². The van der Waals surface area contributed by atoms with Crippen molar-refractivity contribution in [1.29, 1.82) is 0 Å². The van der Waals surface area contributed by atoms with Crippen LogP contribution >= 0.6 is 15.9 Å². The average Bonchev–Trinajstić information content (AvgIpc) is 2.83. The second-order valence-corrected chi connectivity index (χ2v) is 5.04. The summed E-state index contributed by atoms with van der Waals surface area (Å²) in [6.07, 6.45) is 0.912. The summed E-state index contributed by atoms with van der Waals surface area (Å²) in [6, 6.07) is 5.06. The lowest BCUT2D eigenvalue weighted by atomic mass is 10.2. The van der Waals surface area contributed by atoms with Crippen molar-refractivity contribution < 1.29 is 14.6 Å². The number of ether oxygens (including phenoxy) is 1. The van der Waals surface area contributed by atoms with Crippen LogP contribution in [0.3, 0.4) is 0 Å². The number of amides is 1. The lowest BCUT2D eigenvalue weighted by Gasteiger charge is -2.13. The third kappa shape index (κ3) is 2.82. The van der Waals surface area contributed by atoms with Crippen molar-refractivity contribution in [1.82, 2.24) is 0 Å². The number of hydrogen-bond donors (Lipinski definition) is 3. The molecular weight excluding hydrogens is 300 g/mol. The zero-order chi connectivity index (χ0) is 13.1. The lowest BCUT2D eigenvalue weighted by Crippen LogP contribution is -2.29. The molecule has 6 heteroatoms. The summed E-state index contributed by atoms with van der Waals surface area (Å²) in [5, 5.41) is 12.4. The average molecular weight is 315 g/mol. The van der Waals surface area contributed by atoms with E-state index in [1.165, 1.54) is 0 Å². The molecule has 1 saturated heterocycles. The van der Waals surface area contributed by atoms with Crippen molar-refractivity contribution in [2.45, 2.75) is 25.0 Å². The van der Waals surface area contributed by atoms with E-state index in [4.69, 9.17) is 10.5 Å². The standard InChI is InChI=1S/C12H15BrN2O3/c13-8-2-1-3-9(11(8)16)15-12(17)10-5-4-7(6-14)18-10/h1-3,7,10,16H,4-6,14H2,(H,15,17). The summed E-state index contributed by atoms with van der Waals surface area (Å²) in [4.78, 5) is 11.9. The first-order valence-corrected chi connectivity index (χ1v) is 6.55. The van der Waals surface area contributed by atoms with Crippen LogP contribution in [0, 0.1) is 0 Å². The van der Waals surface area contributed by atoms with Gasteiger partial charge in [0.1, 0.15) is 6.10 Å². The fourth-order valence-electron chi connectivity index (χ4n) is 1.90. The van der Waals surface area contributed by atoms with E-state index >= 15 is 0 Å². The molecule has 18 heavy (non-hydrogen) atoms. The minimum atomic E-state index is -0.489. The highest BCUT2D eigenvalue weighted by Gasteiger charge is 2.30. The number of anilines is 1. The normalized spacial score (nSPS) is 23.0. The summed E-state index contributed by atoms with van der Waals surface area (Å²) in [5.41, 5.74) is 5.86. The van der Waals surface area contributed by atoms with Gasteiger partial charge in [0.2, 0.25) is 0 Å². The minimum absolute atomic E-state index is 0.0132. The quantitative estimate of drug-likeness (QED) is 0.740. The molecule has 98 valence electrons. The van der Waals surface area contributed by atoms with E-state index < -0.39 is 6.10 Å². The van der Waals surface area contributed by atoms with Gasteiger partial charge in [-0.25, -0.2) is 0 Å². The molecule has 0 aliphatic carbocycles. The summed E-state index contributed by atoms with van der Waals surface area (Å²) in [7, 11) is 0. The Morgan fingerprint density at radius 1 is 1.56 bits per heavy atom. The van der Waals surface area contributed by atoms with E-state index in [9.17, 15) is 9.90 Å². The number of rotatable bonds is 3. The minimum Gasteiger partial charge on any atom is -0.505 e. The highest BCUT2D eigenvalue weighted by Crippen LogP contribution is 2.32. The van der Waals surface area contributed by atoms with Crippen LogP contribution in [-0.4, -0.2) is 29.8 Å². The van der Waals surface area contributed by atoms with Gasteiger partial charge >= 0.3 is 0 Å². The molecule has 0 aromatic heterocycles. The molecule has 1 amide bonds. The second-order valence-electron chi connectivity index (χ2n) is 4.19. The van der Waals surface area contributed by atoms with Gasteiger partial charge in [0.25, 0.3) is 5.91 Å². The van der Waals surface area contributed by atoms with Gasteiger partial charge in [-0.1, -0.05) is 6.07 Å². The number of para-hydroxylation sites is 1. The van der Waals surface area contributed by atoms with Crippen LogP contribution in [0.1, 0.15) is 12.8 Å². The number of aromatic hydroxyl groups is 1. The van der Waals surface area contributed by atoms with E-state index in [-0.39, 0.29) is 17.8 Å². The van der Waals surface area contributed by atoms with Gasteiger partial charge in [-0.05, 0) is 40.9 Å². The lowest BCUT2D eigenvalue weighted by molar-refractivity contribution is -0.126. The number of phenolic OH excluding ortho intramolecular Hbond substituents is 1. The monoisotopic (exact) mass is 314 g/mol. The Balaban J connectivity index is 2.01. The van der Waals surface area contributed by atoms with Crippen LogP contribution in [0.15, 0.2) is 22.7 Å². The molecule has 0 bridgehead atoms. The molecule has 1 heterocycles. The van der Waals surface area contributed by atoms with Crippen molar-refractivity contribution >= 4 is 27.5 Å². The van der Waals surface area contributed by atoms with Crippen LogP contribution < -0.4 is 11.1 Å². The molecule has 2 rings (SSSR count). The number of halogens is 1. The zero-order valence-corrected chi connectivity index (χ0v) is 11.3. The van der Waals surface area contributed by atoms with Crippen LogP contribution in [-0.2, 0) is 9.53 Å². The summed E-state index contributed by atoms with van der Waals surface area (Å²) >= 11 is 3.19. The molecule has 0 spiro atoms. The number of nitrogens with two attached hydrogens (primary N) is 1. The summed E-state index contributed by atoms with van der Waals surface area (Å²) in [5.74, 6) is -0.237. The van der Waals surface area contributed by atoms with Crippen molar-refractivity contribution in [3.63, 3.8) is 0 Å². The van der Waals surface area contributed by atoms with E-state index in [0.717, 1.165) is 6.42 Å². The van der Waals surface area contributed by atoms with Gasteiger partial charge in [-0.2, -0.15) is 0 Å². The van der Waals surface area contributed by atoms with E-state index in [1.807, 2.05) is 0 Å². The molecule has 0 saturated carbocycles.